The average Bonchev–Trinajstić information content (AvgIpc) is 2.53. The SMILES string of the molecule is O=S1CCN(c2n[nH]c(=S)s2)CC1. The lowest BCUT2D eigenvalue weighted by atomic mass is 10.5. The molecule has 7 heteroatoms. The predicted octanol–water partition coefficient (Wildman–Crippen LogP) is 0.769. The quantitative estimate of drug-likeness (QED) is 0.731. The van der Waals surface area contributed by atoms with Gasteiger partial charge in [-0.2, -0.15) is 0 Å². The van der Waals surface area contributed by atoms with Gasteiger partial charge in [-0.05, 0) is 12.2 Å². The van der Waals surface area contributed by atoms with Crippen molar-refractivity contribution in [3.8, 4) is 0 Å². The molecular formula is C6H9N3OS3. The molecule has 4 nitrogen and oxygen atoms in total. The minimum Gasteiger partial charge on any atom is -0.345 e. The third kappa shape index (κ3) is 2.15. The lowest BCUT2D eigenvalue weighted by molar-refractivity contribution is 0.672. The third-order valence-corrected chi connectivity index (χ3v) is 4.30. The summed E-state index contributed by atoms with van der Waals surface area (Å²) in [5.74, 6) is 1.48. The standard InChI is InChI=1S/C6H9N3OS3/c10-13-3-1-9(2-4-13)5-7-8-6(11)12-5/h1-4H2,(H,8,11). The van der Waals surface area contributed by atoms with E-state index < -0.39 is 10.8 Å². The van der Waals surface area contributed by atoms with Crippen LogP contribution in [-0.4, -0.2) is 39.0 Å². The number of aromatic nitrogens is 2. The van der Waals surface area contributed by atoms with Crippen LogP contribution in [0.2, 0.25) is 0 Å². The smallest absolute Gasteiger partial charge is 0.206 e. The fourth-order valence-electron chi connectivity index (χ4n) is 1.19. The molecule has 13 heavy (non-hydrogen) atoms. The van der Waals surface area contributed by atoms with E-state index >= 15 is 0 Å². The monoisotopic (exact) mass is 235 g/mol. The predicted molar refractivity (Wildman–Crippen MR) is 57.4 cm³/mol. The van der Waals surface area contributed by atoms with E-state index in [1.807, 2.05) is 0 Å². The highest BCUT2D eigenvalue weighted by Gasteiger charge is 2.17. The number of H-pyrrole nitrogens is 1. The molecule has 1 aromatic rings. The molecule has 1 N–H and O–H groups in total. The van der Waals surface area contributed by atoms with Gasteiger partial charge in [0.1, 0.15) is 0 Å². The second-order valence-corrected chi connectivity index (χ2v) is 6.07. The third-order valence-electron chi connectivity index (χ3n) is 1.88. The molecule has 2 rings (SSSR count). The van der Waals surface area contributed by atoms with E-state index in [0.29, 0.717) is 3.95 Å². The first-order valence-corrected chi connectivity index (χ1v) is 6.62. The maximum absolute atomic E-state index is 11.1. The van der Waals surface area contributed by atoms with Crippen molar-refractivity contribution in [1.29, 1.82) is 0 Å². The molecule has 0 radical (unpaired) electrons. The van der Waals surface area contributed by atoms with Gasteiger partial charge in [0.2, 0.25) is 5.13 Å². The summed E-state index contributed by atoms with van der Waals surface area (Å²) in [7, 11) is -0.629. The van der Waals surface area contributed by atoms with Crippen molar-refractivity contribution < 1.29 is 4.21 Å². The minimum absolute atomic E-state index is 0.629. The van der Waals surface area contributed by atoms with Gasteiger partial charge >= 0.3 is 0 Å². The van der Waals surface area contributed by atoms with Crippen molar-refractivity contribution in [3.05, 3.63) is 3.95 Å². The van der Waals surface area contributed by atoms with Gasteiger partial charge in [0, 0.05) is 35.4 Å². The maximum atomic E-state index is 11.1. The molecule has 1 aliphatic heterocycles. The minimum atomic E-state index is -0.629. The Kier molecular flexibility index (Phi) is 2.75. The lowest BCUT2D eigenvalue weighted by Crippen LogP contribution is -2.37. The number of nitrogens with one attached hydrogen (secondary N) is 1. The van der Waals surface area contributed by atoms with Crippen LogP contribution in [0.5, 0.6) is 0 Å². The number of hydrogen-bond donors (Lipinski definition) is 1. The van der Waals surface area contributed by atoms with Gasteiger partial charge in [-0.15, -0.1) is 5.10 Å². The van der Waals surface area contributed by atoms with Gasteiger partial charge in [0.15, 0.2) is 3.95 Å². The number of rotatable bonds is 1. The van der Waals surface area contributed by atoms with Crippen LogP contribution in [-0.2, 0) is 10.8 Å². The zero-order chi connectivity index (χ0) is 9.26. The van der Waals surface area contributed by atoms with Gasteiger partial charge in [-0.25, -0.2) is 0 Å². The van der Waals surface area contributed by atoms with Crippen molar-refractivity contribution in [2.75, 3.05) is 29.5 Å². The number of aromatic amines is 1. The van der Waals surface area contributed by atoms with Crippen molar-refractivity contribution in [3.63, 3.8) is 0 Å². The molecule has 0 aromatic carbocycles. The summed E-state index contributed by atoms with van der Waals surface area (Å²) in [5.41, 5.74) is 0. The molecule has 0 bridgehead atoms. The van der Waals surface area contributed by atoms with Crippen LogP contribution >= 0.6 is 23.6 Å². The molecule has 0 unspecified atom stereocenters. The van der Waals surface area contributed by atoms with Crippen molar-refractivity contribution in [2.24, 2.45) is 0 Å². The molecule has 0 spiro atoms. The molecular weight excluding hydrogens is 226 g/mol. The van der Waals surface area contributed by atoms with E-state index in [1.165, 1.54) is 11.3 Å². The van der Waals surface area contributed by atoms with E-state index in [4.69, 9.17) is 12.2 Å². The largest absolute Gasteiger partial charge is 0.345 e. The van der Waals surface area contributed by atoms with Crippen molar-refractivity contribution in [2.45, 2.75) is 0 Å². The molecule has 0 atom stereocenters. The highest BCUT2D eigenvalue weighted by atomic mass is 32.2. The second kappa shape index (κ2) is 3.85. The Balaban J connectivity index is 2.10. The summed E-state index contributed by atoms with van der Waals surface area (Å²) in [6.45, 7) is 1.64. The van der Waals surface area contributed by atoms with E-state index in [2.05, 4.69) is 15.1 Å². The average molecular weight is 235 g/mol. The van der Waals surface area contributed by atoms with Gasteiger partial charge in [-0.3, -0.25) is 9.31 Å². The summed E-state index contributed by atoms with van der Waals surface area (Å²) in [6, 6.07) is 0. The topological polar surface area (TPSA) is 49.0 Å². The Morgan fingerprint density at radius 2 is 2.23 bits per heavy atom. The zero-order valence-corrected chi connectivity index (χ0v) is 9.31. The first kappa shape index (κ1) is 9.29. The zero-order valence-electron chi connectivity index (χ0n) is 6.86. The van der Waals surface area contributed by atoms with Gasteiger partial charge in [0.05, 0.1) is 0 Å². The van der Waals surface area contributed by atoms with Crippen LogP contribution in [0.1, 0.15) is 0 Å². The van der Waals surface area contributed by atoms with Crippen LogP contribution in [0.3, 0.4) is 0 Å². The Morgan fingerprint density at radius 1 is 1.54 bits per heavy atom. The Hall–Kier alpha value is -0.270. The molecule has 0 aliphatic carbocycles. The molecule has 1 fully saturated rings. The Bertz CT molecular complexity index is 361. The van der Waals surface area contributed by atoms with Crippen LogP contribution in [0, 0.1) is 3.95 Å². The molecule has 0 saturated carbocycles. The molecule has 2 heterocycles. The first-order valence-electron chi connectivity index (χ1n) is 3.91. The van der Waals surface area contributed by atoms with Gasteiger partial charge < -0.3 is 4.90 Å². The van der Waals surface area contributed by atoms with E-state index in [0.717, 1.165) is 29.7 Å². The Morgan fingerprint density at radius 3 is 2.77 bits per heavy atom. The van der Waals surface area contributed by atoms with Crippen LogP contribution in [0.15, 0.2) is 0 Å². The number of hydrogen-bond acceptors (Lipinski definition) is 5. The summed E-state index contributed by atoms with van der Waals surface area (Å²) in [6.07, 6.45) is 0. The molecule has 1 aromatic heterocycles. The van der Waals surface area contributed by atoms with Crippen LogP contribution in [0.25, 0.3) is 0 Å². The fraction of sp³-hybridized carbons (Fsp3) is 0.667. The van der Waals surface area contributed by atoms with Crippen LogP contribution < -0.4 is 4.90 Å². The molecule has 72 valence electrons. The lowest BCUT2D eigenvalue weighted by Gasteiger charge is -2.24. The highest BCUT2D eigenvalue weighted by molar-refractivity contribution is 7.85. The Labute approximate surface area is 87.4 Å². The second-order valence-electron chi connectivity index (χ2n) is 2.73. The van der Waals surface area contributed by atoms with E-state index in [1.54, 1.807) is 0 Å². The fourth-order valence-corrected chi connectivity index (χ4v) is 3.17. The summed E-state index contributed by atoms with van der Waals surface area (Å²) >= 11 is 6.41. The van der Waals surface area contributed by atoms with E-state index in [-0.39, 0.29) is 0 Å². The number of anilines is 1. The molecule has 1 saturated heterocycles. The van der Waals surface area contributed by atoms with Crippen molar-refractivity contribution in [1.82, 2.24) is 10.2 Å². The maximum Gasteiger partial charge on any atom is 0.206 e. The van der Waals surface area contributed by atoms with Gasteiger partial charge in [-0.1, -0.05) is 11.3 Å². The summed E-state index contributed by atoms with van der Waals surface area (Å²) in [5, 5.41) is 7.74. The molecule has 0 amide bonds. The summed E-state index contributed by atoms with van der Waals surface area (Å²) in [4.78, 5) is 2.12. The first-order chi connectivity index (χ1) is 6.25. The summed E-state index contributed by atoms with van der Waals surface area (Å²) < 4.78 is 11.8. The highest BCUT2D eigenvalue weighted by Crippen LogP contribution is 2.18. The van der Waals surface area contributed by atoms with Crippen molar-refractivity contribution >= 4 is 39.5 Å². The van der Waals surface area contributed by atoms with Crippen LogP contribution in [0.4, 0.5) is 5.13 Å². The normalized spacial score (nSPS) is 19.2. The molecule has 1 aliphatic rings. The van der Waals surface area contributed by atoms with Gasteiger partial charge in [0.25, 0.3) is 0 Å². The number of nitrogens with zero attached hydrogens (tertiary/aromatic N) is 2. The van der Waals surface area contributed by atoms with E-state index in [9.17, 15) is 4.21 Å².